The predicted molar refractivity (Wildman–Crippen MR) is 74.7 cm³/mol. The fraction of sp³-hybridized carbons (Fsp3) is 0.250. The smallest absolute Gasteiger partial charge is 0.275 e. The number of furan rings is 1. The number of rotatable bonds is 5. The summed E-state index contributed by atoms with van der Waals surface area (Å²) >= 11 is 0. The second-order valence-corrected chi connectivity index (χ2v) is 8.45. The van der Waals surface area contributed by atoms with Crippen LogP contribution in [0.4, 0.5) is 0 Å². The molecule has 0 atom stereocenters. The van der Waals surface area contributed by atoms with Crippen molar-refractivity contribution in [3.05, 3.63) is 42.3 Å². The van der Waals surface area contributed by atoms with Crippen LogP contribution in [-0.4, -0.2) is 40.2 Å². The molecule has 0 aliphatic rings. The predicted octanol–water partition coefficient (Wildman–Crippen LogP) is 0.899. The van der Waals surface area contributed by atoms with Gasteiger partial charge in [0.1, 0.15) is 11.5 Å². The molecular formula is C12H14N2O5S2. The van der Waals surface area contributed by atoms with Gasteiger partial charge in [-0.3, -0.25) is 0 Å². The number of hydrogen-bond donors (Lipinski definition) is 0. The van der Waals surface area contributed by atoms with Crippen LogP contribution in [0.1, 0.15) is 5.76 Å². The number of sulfonamides is 1. The van der Waals surface area contributed by atoms with Gasteiger partial charge in [0.2, 0.25) is 14.9 Å². The molecule has 2 heterocycles. The Hall–Kier alpha value is -1.71. The van der Waals surface area contributed by atoms with E-state index in [1.165, 1.54) is 38.5 Å². The highest BCUT2D eigenvalue weighted by Gasteiger charge is 2.24. The molecule has 0 aliphatic carbocycles. The van der Waals surface area contributed by atoms with E-state index in [2.05, 4.69) is 4.98 Å². The Bertz CT molecular complexity index is 824. The summed E-state index contributed by atoms with van der Waals surface area (Å²) in [5.74, 6) is -0.409. The molecule has 9 heteroatoms. The number of pyridine rings is 1. The molecule has 0 aliphatic heterocycles. The Kier molecular flexibility index (Phi) is 4.17. The van der Waals surface area contributed by atoms with Crippen LogP contribution in [0.3, 0.4) is 0 Å². The minimum absolute atomic E-state index is 0.0427. The molecule has 7 nitrogen and oxygen atoms in total. The number of aromatic nitrogens is 1. The molecule has 2 rings (SSSR count). The molecule has 0 fully saturated rings. The summed E-state index contributed by atoms with van der Waals surface area (Å²) in [4.78, 5) is 3.77. The van der Waals surface area contributed by atoms with Crippen molar-refractivity contribution < 1.29 is 21.3 Å². The van der Waals surface area contributed by atoms with Gasteiger partial charge >= 0.3 is 0 Å². The summed E-state index contributed by atoms with van der Waals surface area (Å²) in [6.45, 7) is 0. The monoisotopic (exact) mass is 330 g/mol. The van der Waals surface area contributed by atoms with E-state index in [0.717, 1.165) is 4.31 Å². The second-order valence-electron chi connectivity index (χ2n) is 4.44. The van der Waals surface area contributed by atoms with Crippen molar-refractivity contribution in [3.8, 4) is 0 Å². The van der Waals surface area contributed by atoms with Crippen molar-refractivity contribution in [3.63, 3.8) is 0 Å². The molecule has 0 bridgehead atoms. The highest BCUT2D eigenvalue weighted by molar-refractivity contribution is 7.90. The largest absolute Gasteiger partial charge is 0.447 e. The van der Waals surface area contributed by atoms with E-state index in [9.17, 15) is 16.8 Å². The standard InChI is InChI=1S/C12H14N2O5S2/c1-14(2)21(17,18)12-7-6-10(19-12)9-20(15,16)11-5-3-4-8-13-11/h3-8H,9H2,1-2H3. The van der Waals surface area contributed by atoms with Crippen molar-refractivity contribution in [1.29, 1.82) is 0 Å². The number of nitrogens with zero attached hydrogens (tertiary/aromatic N) is 2. The molecule has 0 aromatic carbocycles. The van der Waals surface area contributed by atoms with E-state index in [1.807, 2.05) is 0 Å². The van der Waals surface area contributed by atoms with Crippen LogP contribution in [0.25, 0.3) is 0 Å². The zero-order chi connectivity index (χ0) is 15.7. The van der Waals surface area contributed by atoms with Crippen LogP contribution in [-0.2, 0) is 25.6 Å². The summed E-state index contributed by atoms with van der Waals surface area (Å²) in [7, 11) is -4.67. The molecule has 0 amide bonds. The molecule has 2 aromatic heterocycles. The van der Waals surface area contributed by atoms with E-state index >= 15 is 0 Å². The Morgan fingerprint density at radius 3 is 2.38 bits per heavy atom. The van der Waals surface area contributed by atoms with E-state index < -0.39 is 25.6 Å². The van der Waals surface area contributed by atoms with Gasteiger partial charge < -0.3 is 4.42 Å². The van der Waals surface area contributed by atoms with Gasteiger partial charge in [0.15, 0.2) is 5.03 Å². The molecule has 0 spiro atoms. The van der Waals surface area contributed by atoms with Crippen LogP contribution < -0.4 is 0 Å². The van der Waals surface area contributed by atoms with Gasteiger partial charge in [0.05, 0.1) is 0 Å². The Morgan fingerprint density at radius 2 is 1.81 bits per heavy atom. The van der Waals surface area contributed by atoms with Crippen LogP contribution in [0.15, 0.2) is 51.1 Å². The lowest BCUT2D eigenvalue weighted by Crippen LogP contribution is -2.21. The van der Waals surface area contributed by atoms with Gasteiger partial charge in [0.25, 0.3) is 10.0 Å². The van der Waals surface area contributed by atoms with E-state index in [1.54, 1.807) is 12.1 Å². The topological polar surface area (TPSA) is 97.6 Å². The van der Waals surface area contributed by atoms with E-state index in [4.69, 9.17) is 4.42 Å². The van der Waals surface area contributed by atoms with Crippen molar-refractivity contribution in [1.82, 2.24) is 9.29 Å². The first-order valence-electron chi connectivity index (χ1n) is 5.88. The average Bonchev–Trinajstić information content (AvgIpc) is 2.88. The highest BCUT2D eigenvalue weighted by atomic mass is 32.2. The van der Waals surface area contributed by atoms with Crippen LogP contribution >= 0.6 is 0 Å². The maximum Gasteiger partial charge on any atom is 0.275 e. The molecule has 0 saturated heterocycles. The number of hydrogen-bond acceptors (Lipinski definition) is 6. The summed E-state index contributed by atoms with van der Waals surface area (Å²) in [5, 5.41) is -0.378. The molecule has 2 aromatic rings. The zero-order valence-corrected chi connectivity index (χ0v) is 13.1. The minimum atomic E-state index is -3.72. The molecule has 0 radical (unpaired) electrons. The zero-order valence-electron chi connectivity index (χ0n) is 11.4. The van der Waals surface area contributed by atoms with Crippen molar-refractivity contribution in [2.24, 2.45) is 0 Å². The fourth-order valence-electron chi connectivity index (χ4n) is 1.55. The van der Waals surface area contributed by atoms with Gasteiger partial charge in [-0.05, 0) is 24.3 Å². The van der Waals surface area contributed by atoms with Crippen molar-refractivity contribution in [2.45, 2.75) is 15.9 Å². The fourth-order valence-corrected chi connectivity index (χ4v) is 3.54. The quantitative estimate of drug-likeness (QED) is 0.808. The first kappa shape index (κ1) is 15.7. The highest BCUT2D eigenvalue weighted by Crippen LogP contribution is 2.20. The molecule has 0 unspecified atom stereocenters. The van der Waals surface area contributed by atoms with Crippen molar-refractivity contribution in [2.75, 3.05) is 14.1 Å². The van der Waals surface area contributed by atoms with Gasteiger partial charge in [-0.1, -0.05) is 6.07 Å². The molecule has 0 N–H and O–H groups in total. The average molecular weight is 330 g/mol. The normalized spacial score (nSPS) is 12.7. The maximum atomic E-state index is 12.1. The summed E-state index contributed by atoms with van der Waals surface area (Å²) in [6, 6.07) is 7.10. The second kappa shape index (κ2) is 5.58. The van der Waals surface area contributed by atoms with Gasteiger partial charge in [0, 0.05) is 20.3 Å². The summed E-state index contributed by atoms with van der Waals surface area (Å²) in [6.07, 6.45) is 1.37. The molecule has 21 heavy (non-hydrogen) atoms. The molecule has 114 valence electrons. The maximum absolute atomic E-state index is 12.1. The first-order valence-corrected chi connectivity index (χ1v) is 8.98. The first-order chi connectivity index (χ1) is 9.73. The molecular weight excluding hydrogens is 316 g/mol. The molecule has 0 saturated carbocycles. The SMILES string of the molecule is CN(C)S(=O)(=O)c1ccc(CS(=O)(=O)c2ccccn2)o1. The van der Waals surface area contributed by atoms with Crippen LogP contribution in [0, 0.1) is 0 Å². The summed E-state index contributed by atoms with van der Waals surface area (Å²) < 4.78 is 54.0. The number of sulfone groups is 1. The van der Waals surface area contributed by atoms with Crippen LogP contribution in [0.5, 0.6) is 0 Å². The Labute approximate surface area is 123 Å². The third-order valence-electron chi connectivity index (χ3n) is 2.66. The third kappa shape index (κ3) is 3.31. The van der Waals surface area contributed by atoms with Crippen molar-refractivity contribution >= 4 is 19.9 Å². The lowest BCUT2D eigenvalue weighted by atomic mass is 10.5. The van der Waals surface area contributed by atoms with E-state index in [0.29, 0.717) is 0 Å². The third-order valence-corrected chi connectivity index (χ3v) is 5.89. The minimum Gasteiger partial charge on any atom is -0.447 e. The summed E-state index contributed by atoms with van der Waals surface area (Å²) in [5.41, 5.74) is 0. The van der Waals surface area contributed by atoms with Gasteiger partial charge in [-0.2, -0.15) is 0 Å². The van der Waals surface area contributed by atoms with Gasteiger partial charge in [-0.25, -0.2) is 26.1 Å². The lowest BCUT2D eigenvalue weighted by molar-refractivity contribution is 0.406. The van der Waals surface area contributed by atoms with E-state index in [-0.39, 0.29) is 15.9 Å². The van der Waals surface area contributed by atoms with Crippen LogP contribution in [0.2, 0.25) is 0 Å². The Morgan fingerprint density at radius 1 is 1.10 bits per heavy atom. The Balaban J connectivity index is 2.29. The van der Waals surface area contributed by atoms with Gasteiger partial charge in [-0.15, -0.1) is 0 Å². The lowest BCUT2D eigenvalue weighted by Gasteiger charge is -2.07.